The zero-order chi connectivity index (χ0) is 13.9. The summed E-state index contributed by atoms with van der Waals surface area (Å²) in [6.07, 6.45) is 14.6. The Labute approximate surface area is 148 Å². The molecular formula is C18H25OY-. The Kier molecular flexibility index (Phi) is 7.08. The summed E-state index contributed by atoms with van der Waals surface area (Å²) >= 11 is 0. The second-order valence-corrected chi connectivity index (χ2v) is 6.44. The van der Waals surface area contributed by atoms with Crippen LogP contribution in [0.4, 0.5) is 0 Å². The Bertz CT molecular complexity index is 410. The predicted octanol–water partition coefficient (Wildman–Crippen LogP) is 4.51. The average Bonchev–Trinajstić information content (AvgIpc) is 2.73. The van der Waals surface area contributed by atoms with E-state index in [0.29, 0.717) is 17.3 Å². The van der Waals surface area contributed by atoms with Crippen molar-refractivity contribution in [3.05, 3.63) is 36.5 Å². The minimum atomic E-state index is 0. The molecule has 2 aliphatic rings. The van der Waals surface area contributed by atoms with Crippen LogP contribution in [0.2, 0.25) is 0 Å². The van der Waals surface area contributed by atoms with Gasteiger partial charge in [-0.15, -0.1) is 0 Å². The topological polar surface area (TPSA) is 17.1 Å². The van der Waals surface area contributed by atoms with Gasteiger partial charge in [-0.3, -0.25) is 10.4 Å². The van der Waals surface area contributed by atoms with Gasteiger partial charge in [-0.05, 0) is 48.5 Å². The second kappa shape index (κ2) is 7.85. The van der Waals surface area contributed by atoms with Gasteiger partial charge in [0.15, 0.2) is 0 Å². The normalized spacial score (nSPS) is 35.0. The molecule has 0 unspecified atom stereocenters. The first kappa shape index (κ1) is 18.0. The molecule has 0 saturated heterocycles. The van der Waals surface area contributed by atoms with Crippen LogP contribution < -0.4 is 0 Å². The van der Waals surface area contributed by atoms with E-state index >= 15 is 0 Å². The summed E-state index contributed by atoms with van der Waals surface area (Å²) in [6, 6.07) is 0. The molecule has 1 radical (unpaired) electrons. The maximum Gasteiger partial charge on any atom is 0.142 e. The van der Waals surface area contributed by atoms with Crippen LogP contribution in [0.15, 0.2) is 29.9 Å². The molecule has 2 saturated carbocycles. The van der Waals surface area contributed by atoms with E-state index in [4.69, 9.17) is 6.58 Å². The Morgan fingerprint density at radius 3 is 2.75 bits per heavy atom. The molecule has 2 aliphatic carbocycles. The van der Waals surface area contributed by atoms with Crippen molar-refractivity contribution in [2.24, 2.45) is 23.2 Å². The van der Waals surface area contributed by atoms with E-state index in [9.17, 15) is 4.79 Å². The average molecular weight is 346 g/mol. The molecule has 0 aliphatic heterocycles. The van der Waals surface area contributed by atoms with E-state index < -0.39 is 0 Å². The zero-order valence-corrected chi connectivity index (χ0v) is 15.6. The van der Waals surface area contributed by atoms with Crippen molar-refractivity contribution in [3.63, 3.8) is 0 Å². The van der Waals surface area contributed by atoms with Crippen LogP contribution in [0, 0.1) is 29.7 Å². The summed E-state index contributed by atoms with van der Waals surface area (Å²) in [5, 5.41) is 0. The van der Waals surface area contributed by atoms with Crippen molar-refractivity contribution in [1.29, 1.82) is 0 Å². The first-order chi connectivity index (χ1) is 9.09. The van der Waals surface area contributed by atoms with Crippen LogP contribution >= 0.6 is 0 Å². The molecule has 20 heavy (non-hydrogen) atoms. The minimum absolute atomic E-state index is 0. The van der Waals surface area contributed by atoms with Crippen molar-refractivity contribution in [2.45, 2.75) is 46.0 Å². The van der Waals surface area contributed by atoms with E-state index in [1.165, 1.54) is 37.3 Å². The van der Waals surface area contributed by atoms with Crippen molar-refractivity contribution >= 4 is 6.29 Å². The predicted molar refractivity (Wildman–Crippen MR) is 79.5 cm³/mol. The van der Waals surface area contributed by atoms with E-state index in [0.717, 1.165) is 18.6 Å². The molecule has 2 fully saturated rings. The summed E-state index contributed by atoms with van der Waals surface area (Å²) < 4.78 is 0. The van der Waals surface area contributed by atoms with Crippen LogP contribution in [-0.4, -0.2) is 6.29 Å². The number of carbonyl (C=O) groups excluding carboxylic acids is 1. The van der Waals surface area contributed by atoms with Crippen LogP contribution in [0.1, 0.15) is 46.0 Å². The monoisotopic (exact) mass is 346 g/mol. The second-order valence-electron chi connectivity index (χ2n) is 6.44. The fourth-order valence-electron chi connectivity index (χ4n) is 4.43. The number of aldehydes is 1. The number of hydrogen-bond donors (Lipinski definition) is 0. The molecule has 0 amide bonds. The van der Waals surface area contributed by atoms with Gasteiger partial charge in [0.1, 0.15) is 6.29 Å². The first-order valence-corrected chi connectivity index (χ1v) is 7.49. The number of carbonyl (C=O) groups is 1. The third-order valence-corrected chi connectivity index (χ3v) is 5.39. The van der Waals surface area contributed by atoms with Gasteiger partial charge >= 0.3 is 0 Å². The van der Waals surface area contributed by atoms with Crippen LogP contribution in [0.25, 0.3) is 0 Å². The summed E-state index contributed by atoms with van der Waals surface area (Å²) in [7, 11) is 0. The molecule has 0 aromatic heterocycles. The van der Waals surface area contributed by atoms with Gasteiger partial charge in [-0.25, -0.2) is 0 Å². The molecule has 0 bridgehead atoms. The maximum atomic E-state index is 10.2. The fraction of sp³-hybridized carbons (Fsp3) is 0.611. The maximum absolute atomic E-state index is 10.2. The summed E-state index contributed by atoms with van der Waals surface area (Å²) in [5.41, 5.74) is 1.63. The molecule has 2 heteroatoms. The third-order valence-electron chi connectivity index (χ3n) is 5.39. The number of rotatable bonds is 4. The summed E-state index contributed by atoms with van der Waals surface area (Å²) in [6.45, 7) is 11.0. The molecule has 2 rings (SSSR count). The van der Waals surface area contributed by atoms with Gasteiger partial charge in [0.2, 0.25) is 0 Å². The molecule has 4 atom stereocenters. The molecular weight excluding hydrogens is 321 g/mol. The molecule has 0 heterocycles. The minimum Gasteiger partial charge on any atom is -0.514 e. The number of allylic oxidation sites excluding steroid dienone is 5. The Balaban J connectivity index is 0.00000200. The van der Waals surface area contributed by atoms with E-state index in [1.54, 1.807) is 0 Å². The Morgan fingerprint density at radius 1 is 1.30 bits per heavy atom. The van der Waals surface area contributed by atoms with Crippen molar-refractivity contribution in [2.75, 3.05) is 0 Å². The van der Waals surface area contributed by atoms with Crippen molar-refractivity contribution in [3.8, 4) is 0 Å². The quantitative estimate of drug-likeness (QED) is 0.317. The fourth-order valence-corrected chi connectivity index (χ4v) is 4.43. The van der Waals surface area contributed by atoms with Gasteiger partial charge in [0.25, 0.3) is 0 Å². The third kappa shape index (κ3) is 3.60. The standard InChI is InChI=1S/C18H25O.Y/c1-14(8-5-4-6-13-19)16-10-11-17-15(2)9-7-12-18(16,17)3;/h2,4-6,8,13-14,16-17H,7,9-12H2,1,3H3;/q-1;/b6-4+,8-5+;/t14-,16+,17-,18+;/m0./s1. The first-order valence-electron chi connectivity index (χ1n) is 7.49. The van der Waals surface area contributed by atoms with E-state index in [1.807, 2.05) is 12.2 Å². The van der Waals surface area contributed by atoms with Crippen molar-refractivity contribution < 1.29 is 37.5 Å². The Hall–Kier alpha value is -0.00610. The van der Waals surface area contributed by atoms with Crippen LogP contribution in [0.3, 0.4) is 0 Å². The molecule has 0 aromatic carbocycles. The molecule has 0 aromatic rings. The molecule has 107 valence electrons. The molecule has 0 N–H and O–H groups in total. The summed E-state index contributed by atoms with van der Waals surface area (Å²) in [4.78, 5) is 10.2. The van der Waals surface area contributed by atoms with Gasteiger partial charge in [0, 0.05) is 32.7 Å². The van der Waals surface area contributed by atoms with Crippen molar-refractivity contribution in [1.82, 2.24) is 0 Å². The van der Waals surface area contributed by atoms with Gasteiger partial charge in [-0.2, -0.15) is 0 Å². The zero-order valence-electron chi connectivity index (χ0n) is 12.7. The molecule has 0 spiro atoms. The van der Waals surface area contributed by atoms with Gasteiger partial charge in [0.05, 0.1) is 0 Å². The van der Waals surface area contributed by atoms with Crippen LogP contribution in [-0.2, 0) is 37.5 Å². The molecule has 1 nitrogen and oxygen atoms in total. The van der Waals surface area contributed by atoms with Crippen LogP contribution in [0.5, 0.6) is 0 Å². The number of hydrogen-bond acceptors (Lipinski definition) is 1. The number of fused-ring (bicyclic) bond motifs is 1. The Morgan fingerprint density at radius 2 is 2.05 bits per heavy atom. The SMILES string of the molecule is [CH-]=C1CCC[C@]2(C)[C@@H]([C@@H](C)/C=C/C=C/C=O)CC[C@@H]12.[Y]. The smallest absolute Gasteiger partial charge is 0.142 e. The van der Waals surface area contributed by atoms with Gasteiger partial charge in [-0.1, -0.05) is 44.9 Å². The van der Waals surface area contributed by atoms with E-state index in [2.05, 4.69) is 19.9 Å². The summed E-state index contributed by atoms with van der Waals surface area (Å²) in [5.74, 6) is 1.90. The largest absolute Gasteiger partial charge is 0.514 e. The van der Waals surface area contributed by atoms with Gasteiger partial charge < -0.3 is 6.58 Å². The van der Waals surface area contributed by atoms with E-state index in [-0.39, 0.29) is 32.7 Å².